The first-order valence-corrected chi connectivity index (χ1v) is 8.52. The Kier molecular flexibility index (Phi) is 7.49. The third kappa shape index (κ3) is 5.14. The monoisotopic (exact) mass is 316 g/mol. The van der Waals surface area contributed by atoms with Crippen LogP contribution in [0.4, 0.5) is 0 Å². The maximum Gasteiger partial charge on any atom is 0.223 e. The van der Waals surface area contributed by atoms with Crippen LogP contribution in [0.1, 0.15) is 65.2 Å². The number of amides is 1. The normalized spacial score (nSPS) is 25.0. The molecular formula is C17H33ClN2O. The number of hydrogen-bond donors (Lipinski definition) is 1. The molecule has 1 saturated heterocycles. The molecule has 0 spiro atoms. The molecule has 0 aromatic heterocycles. The summed E-state index contributed by atoms with van der Waals surface area (Å²) in [5.41, 5.74) is 6.12. The fraction of sp³-hybridized carbons (Fsp3) is 0.941. The average molecular weight is 317 g/mol. The van der Waals surface area contributed by atoms with E-state index in [0.29, 0.717) is 18.9 Å². The molecule has 0 aromatic rings. The molecule has 124 valence electrons. The third-order valence-corrected chi connectivity index (χ3v) is 5.32. The van der Waals surface area contributed by atoms with Crippen LogP contribution in [0.3, 0.4) is 0 Å². The summed E-state index contributed by atoms with van der Waals surface area (Å²) in [6.07, 6.45) is 9.26. The predicted molar refractivity (Wildman–Crippen MR) is 90.6 cm³/mol. The molecule has 2 aliphatic rings. The Morgan fingerprint density at radius 2 is 1.95 bits per heavy atom. The van der Waals surface area contributed by atoms with E-state index in [2.05, 4.69) is 18.7 Å². The minimum Gasteiger partial charge on any atom is -0.342 e. The van der Waals surface area contributed by atoms with Crippen LogP contribution in [0.15, 0.2) is 0 Å². The van der Waals surface area contributed by atoms with E-state index in [-0.39, 0.29) is 17.8 Å². The lowest BCUT2D eigenvalue weighted by Crippen LogP contribution is -2.39. The Morgan fingerprint density at radius 1 is 1.29 bits per heavy atom. The second kappa shape index (κ2) is 8.38. The van der Waals surface area contributed by atoms with Gasteiger partial charge in [-0.2, -0.15) is 0 Å². The molecule has 1 heterocycles. The largest absolute Gasteiger partial charge is 0.342 e. The molecule has 21 heavy (non-hydrogen) atoms. The SMILES string of the molecule is CC(C)CC1CCN(C(=O)CC2(CN)CCCCC2)C1.Cl. The summed E-state index contributed by atoms with van der Waals surface area (Å²) in [5, 5.41) is 0. The van der Waals surface area contributed by atoms with Gasteiger partial charge in [0, 0.05) is 19.5 Å². The van der Waals surface area contributed by atoms with E-state index in [4.69, 9.17) is 5.73 Å². The van der Waals surface area contributed by atoms with Gasteiger partial charge in [-0.3, -0.25) is 4.79 Å². The highest BCUT2D eigenvalue weighted by Crippen LogP contribution is 2.39. The Morgan fingerprint density at radius 3 is 2.52 bits per heavy atom. The van der Waals surface area contributed by atoms with Crippen LogP contribution >= 0.6 is 12.4 Å². The number of rotatable bonds is 5. The summed E-state index contributed by atoms with van der Waals surface area (Å²) in [5.74, 6) is 1.83. The van der Waals surface area contributed by atoms with E-state index in [1.165, 1.54) is 32.1 Å². The molecule has 3 nitrogen and oxygen atoms in total. The number of carbonyl (C=O) groups excluding carboxylic acids is 1. The van der Waals surface area contributed by atoms with Crippen LogP contribution in [0, 0.1) is 17.3 Å². The van der Waals surface area contributed by atoms with Gasteiger partial charge in [-0.1, -0.05) is 33.1 Å². The van der Waals surface area contributed by atoms with E-state index < -0.39 is 0 Å². The van der Waals surface area contributed by atoms with Crippen LogP contribution in [0.25, 0.3) is 0 Å². The lowest BCUT2D eigenvalue weighted by molar-refractivity contribution is -0.133. The van der Waals surface area contributed by atoms with Crippen molar-refractivity contribution in [2.45, 2.75) is 65.2 Å². The second-order valence-electron chi connectivity index (χ2n) is 7.57. The standard InChI is InChI=1S/C17H32N2O.ClH/c1-14(2)10-15-6-9-19(12-15)16(20)11-17(13-18)7-4-3-5-8-17;/h14-15H,3-13,18H2,1-2H3;1H. The van der Waals surface area contributed by atoms with Gasteiger partial charge in [-0.25, -0.2) is 0 Å². The minimum absolute atomic E-state index is 0. The van der Waals surface area contributed by atoms with E-state index in [0.717, 1.165) is 37.8 Å². The second-order valence-corrected chi connectivity index (χ2v) is 7.57. The minimum atomic E-state index is 0. The lowest BCUT2D eigenvalue weighted by Gasteiger charge is -2.36. The Bertz CT molecular complexity index is 327. The number of nitrogens with two attached hydrogens (primary N) is 1. The molecule has 1 saturated carbocycles. The zero-order chi connectivity index (χ0) is 14.6. The molecule has 1 aliphatic carbocycles. The highest BCUT2D eigenvalue weighted by Gasteiger charge is 2.36. The molecule has 1 aliphatic heterocycles. The summed E-state index contributed by atoms with van der Waals surface area (Å²) >= 11 is 0. The van der Waals surface area contributed by atoms with Crippen molar-refractivity contribution < 1.29 is 4.79 Å². The average Bonchev–Trinajstić information content (AvgIpc) is 2.87. The van der Waals surface area contributed by atoms with Gasteiger partial charge in [-0.05, 0) is 49.5 Å². The fourth-order valence-electron chi connectivity index (χ4n) is 4.11. The van der Waals surface area contributed by atoms with Gasteiger partial charge >= 0.3 is 0 Å². The van der Waals surface area contributed by atoms with Crippen molar-refractivity contribution in [1.82, 2.24) is 4.90 Å². The van der Waals surface area contributed by atoms with Crippen molar-refractivity contribution in [3.8, 4) is 0 Å². The molecule has 0 bridgehead atoms. The van der Waals surface area contributed by atoms with Crippen molar-refractivity contribution in [1.29, 1.82) is 0 Å². The molecule has 2 N–H and O–H groups in total. The van der Waals surface area contributed by atoms with E-state index >= 15 is 0 Å². The van der Waals surface area contributed by atoms with Gasteiger partial charge < -0.3 is 10.6 Å². The highest BCUT2D eigenvalue weighted by molar-refractivity contribution is 5.85. The summed E-state index contributed by atoms with van der Waals surface area (Å²) in [7, 11) is 0. The Labute approximate surface area is 136 Å². The fourth-order valence-corrected chi connectivity index (χ4v) is 4.11. The lowest BCUT2D eigenvalue weighted by atomic mass is 9.71. The number of halogens is 1. The van der Waals surface area contributed by atoms with Crippen molar-refractivity contribution in [2.75, 3.05) is 19.6 Å². The molecule has 2 fully saturated rings. The summed E-state index contributed by atoms with van der Waals surface area (Å²) in [4.78, 5) is 14.7. The van der Waals surface area contributed by atoms with Crippen molar-refractivity contribution in [3.05, 3.63) is 0 Å². The van der Waals surface area contributed by atoms with Gasteiger partial charge in [0.1, 0.15) is 0 Å². The number of carbonyl (C=O) groups is 1. The maximum atomic E-state index is 12.6. The summed E-state index contributed by atoms with van der Waals surface area (Å²) in [6.45, 7) is 7.18. The molecular weight excluding hydrogens is 284 g/mol. The molecule has 4 heteroatoms. The van der Waals surface area contributed by atoms with Gasteiger partial charge in [0.2, 0.25) is 5.91 Å². The zero-order valence-corrected chi connectivity index (χ0v) is 14.6. The van der Waals surface area contributed by atoms with Gasteiger partial charge in [-0.15, -0.1) is 12.4 Å². The first kappa shape index (κ1) is 18.8. The van der Waals surface area contributed by atoms with Crippen LogP contribution in [-0.4, -0.2) is 30.4 Å². The molecule has 0 radical (unpaired) electrons. The smallest absolute Gasteiger partial charge is 0.223 e. The van der Waals surface area contributed by atoms with Crippen LogP contribution in [-0.2, 0) is 4.79 Å². The van der Waals surface area contributed by atoms with Crippen molar-refractivity contribution in [3.63, 3.8) is 0 Å². The van der Waals surface area contributed by atoms with Crippen LogP contribution in [0.5, 0.6) is 0 Å². The van der Waals surface area contributed by atoms with E-state index in [9.17, 15) is 4.79 Å². The first-order valence-electron chi connectivity index (χ1n) is 8.52. The Balaban J connectivity index is 0.00000220. The topological polar surface area (TPSA) is 46.3 Å². The first-order chi connectivity index (χ1) is 9.54. The maximum absolute atomic E-state index is 12.6. The third-order valence-electron chi connectivity index (χ3n) is 5.32. The van der Waals surface area contributed by atoms with Gasteiger partial charge in [0.25, 0.3) is 0 Å². The predicted octanol–water partition coefficient (Wildman–Crippen LogP) is 3.60. The molecule has 1 amide bonds. The van der Waals surface area contributed by atoms with Gasteiger partial charge in [0.15, 0.2) is 0 Å². The molecule has 0 aromatic carbocycles. The van der Waals surface area contributed by atoms with Crippen molar-refractivity contribution in [2.24, 2.45) is 23.0 Å². The van der Waals surface area contributed by atoms with Gasteiger partial charge in [0.05, 0.1) is 0 Å². The van der Waals surface area contributed by atoms with E-state index in [1.54, 1.807) is 0 Å². The number of hydrogen-bond acceptors (Lipinski definition) is 2. The zero-order valence-electron chi connectivity index (χ0n) is 13.8. The summed E-state index contributed by atoms with van der Waals surface area (Å²) < 4.78 is 0. The molecule has 2 rings (SSSR count). The highest BCUT2D eigenvalue weighted by atomic mass is 35.5. The quantitative estimate of drug-likeness (QED) is 0.842. The van der Waals surface area contributed by atoms with Crippen LogP contribution in [0.2, 0.25) is 0 Å². The molecule has 1 unspecified atom stereocenters. The molecule has 1 atom stereocenters. The van der Waals surface area contributed by atoms with E-state index in [1.807, 2.05) is 0 Å². The number of nitrogens with zero attached hydrogens (tertiary/aromatic N) is 1. The van der Waals surface area contributed by atoms with Crippen molar-refractivity contribution >= 4 is 18.3 Å². The number of likely N-dealkylation sites (tertiary alicyclic amines) is 1. The Hall–Kier alpha value is -0.280. The van der Waals surface area contributed by atoms with Crippen LogP contribution < -0.4 is 5.73 Å². The summed E-state index contributed by atoms with van der Waals surface area (Å²) in [6, 6.07) is 0.